The Kier molecular flexibility index (Phi) is 3.46. The topological polar surface area (TPSA) is 53.1 Å². The summed E-state index contributed by atoms with van der Waals surface area (Å²) in [5, 5.41) is 8.86. The lowest BCUT2D eigenvalue weighted by atomic mass is 10.0. The third-order valence-corrected chi connectivity index (χ3v) is 2.92. The lowest BCUT2D eigenvalue weighted by molar-refractivity contribution is 0.0691. The minimum Gasteiger partial charge on any atom is -0.477 e. The van der Waals surface area contributed by atoms with Gasteiger partial charge in [-0.2, -0.15) is 0 Å². The second-order valence-electron chi connectivity index (χ2n) is 4.27. The fourth-order valence-corrected chi connectivity index (χ4v) is 1.95. The van der Waals surface area contributed by atoms with Crippen molar-refractivity contribution in [1.82, 2.24) is 4.98 Å². The molecule has 2 rings (SSSR count). The number of carboxylic acids is 1. The molecule has 18 heavy (non-hydrogen) atoms. The Morgan fingerprint density at radius 3 is 2.72 bits per heavy atom. The van der Waals surface area contributed by atoms with Crippen LogP contribution in [0.3, 0.4) is 0 Å². The van der Waals surface area contributed by atoms with Gasteiger partial charge in [0.05, 0.1) is 0 Å². The highest BCUT2D eigenvalue weighted by Crippen LogP contribution is 2.14. The summed E-state index contributed by atoms with van der Waals surface area (Å²) < 4.78 is 13.0. The zero-order valence-electron chi connectivity index (χ0n) is 10.0. The summed E-state index contributed by atoms with van der Waals surface area (Å²) in [4.78, 5) is 13.6. The molecule has 4 heteroatoms. The van der Waals surface area contributed by atoms with Crippen molar-refractivity contribution in [1.29, 1.82) is 0 Å². The molecule has 2 aromatic rings. The fourth-order valence-electron chi connectivity index (χ4n) is 1.95. The number of aryl methyl sites for hydroxylation is 3. The molecule has 0 fully saturated rings. The van der Waals surface area contributed by atoms with Gasteiger partial charge >= 0.3 is 5.97 Å². The zero-order chi connectivity index (χ0) is 13.1. The van der Waals surface area contributed by atoms with Crippen molar-refractivity contribution in [3.8, 4) is 0 Å². The monoisotopic (exact) mass is 247 g/mol. The van der Waals surface area contributed by atoms with Gasteiger partial charge in [-0.1, -0.05) is 12.1 Å². The maximum Gasteiger partial charge on any atom is 0.352 e. The summed E-state index contributed by atoms with van der Waals surface area (Å²) in [6, 6.07) is 8.09. The SMILES string of the molecule is Cc1[nH]c(C(=O)O)cc1CCc1cccc(F)c1. The molecule has 1 aromatic carbocycles. The number of hydrogen-bond acceptors (Lipinski definition) is 1. The Bertz CT molecular complexity index is 575. The molecule has 0 aliphatic heterocycles. The van der Waals surface area contributed by atoms with Crippen LogP contribution in [0.25, 0.3) is 0 Å². The number of nitrogens with one attached hydrogen (secondary N) is 1. The summed E-state index contributed by atoms with van der Waals surface area (Å²) in [7, 11) is 0. The lowest BCUT2D eigenvalue weighted by Crippen LogP contribution is -1.95. The normalized spacial score (nSPS) is 10.6. The Morgan fingerprint density at radius 1 is 1.33 bits per heavy atom. The van der Waals surface area contributed by atoms with E-state index < -0.39 is 5.97 Å². The number of aromatic amines is 1. The van der Waals surface area contributed by atoms with E-state index in [1.54, 1.807) is 12.1 Å². The molecule has 0 amide bonds. The number of halogens is 1. The number of rotatable bonds is 4. The van der Waals surface area contributed by atoms with Crippen LogP contribution in [0, 0.1) is 12.7 Å². The summed E-state index contributed by atoms with van der Waals surface area (Å²) in [5.74, 6) is -1.21. The van der Waals surface area contributed by atoms with Crippen molar-refractivity contribution in [2.45, 2.75) is 19.8 Å². The molecule has 0 radical (unpaired) electrons. The van der Waals surface area contributed by atoms with Crippen molar-refractivity contribution in [3.63, 3.8) is 0 Å². The number of benzene rings is 1. The molecular formula is C14H14FNO2. The molecule has 2 N–H and O–H groups in total. The van der Waals surface area contributed by atoms with Gasteiger partial charge in [-0.3, -0.25) is 0 Å². The van der Waals surface area contributed by atoms with E-state index in [2.05, 4.69) is 4.98 Å². The van der Waals surface area contributed by atoms with Crippen LogP contribution in [0.5, 0.6) is 0 Å². The van der Waals surface area contributed by atoms with E-state index in [0.717, 1.165) is 16.8 Å². The van der Waals surface area contributed by atoms with Gasteiger partial charge < -0.3 is 10.1 Å². The summed E-state index contributed by atoms with van der Waals surface area (Å²) in [6.45, 7) is 1.84. The number of carbonyl (C=O) groups is 1. The quantitative estimate of drug-likeness (QED) is 0.872. The first-order valence-corrected chi connectivity index (χ1v) is 5.72. The minimum absolute atomic E-state index is 0.196. The van der Waals surface area contributed by atoms with Gasteiger partial charge in [-0.25, -0.2) is 9.18 Å². The first-order valence-electron chi connectivity index (χ1n) is 5.72. The summed E-state index contributed by atoms with van der Waals surface area (Å²) >= 11 is 0. The third kappa shape index (κ3) is 2.77. The first kappa shape index (κ1) is 12.4. The zero-order valence-corrected chi connectivity index (χ0v) is 10.0. The van der Waals surface area contributed by atoms with Crippen LogP contribution in [-0.4, -0.2) is 16.1 Å². The van der Waals surface area contributed by atoms with Gasteiger partial charge in [0.1, 0.15) is 11.5 Å². The van der Waals surface area contributed by atoms with E-state index in [9.17, 15) is 9.18 Å². The predicted molar refractivity (Wildman–Crippen MR) is 66.3 cm³/mol. The number of aromatic nitrogens is 1. The summed E-state index contributed by atoms with van der Waals surface area (Å²) in [5.41, 5.74) is 2.91. The van der Waals surface area contributed by atoms with E-state index in [1.807, 2.05) is 13.0 Å². The van der Waals surface area contributed by atoms with Crippen molar-refractivity contribution >= 4 is 5.97 Å². The maximum absolute atomic E-state index is 13.0. The van der Waals surface area contributed by atoms with E-state index in [-0.39, 0.29) is 11.5 Å². The van der Waals surface area contributed by atoms with Crippen LogP contribution in [0.1, 0.15) is 27.3 Å². The van der Waals surface area contributed by atoms with E-state index in [4.69, 9.17) is 5.11 Å². The number of H-pyrrole nitrogens is 1. The van der Waals surface area contributed by atoms with Gasteiger partial charge in [0.2, 0.25) is 0 Å². The van der Waals surface area contributed by atoms with Crippen molar-refractivity contribution in [3.05, 3.63) is 58.7 Å². The Morgan fingerprint density at radius 2 is 2.11 bits per heavy atom. The number of hydrogen-bond donors (Lipinski definition) is 2. The second kappa shape index (κ2) is 5.04. The van der Waals surface area contributed by atoms with Crippen LogP contribution in [0.15, 0.2) is 30.3 Å². The molecule has 1 aromatic heterocycles. The van der Waals surface area contributed by atoms with E-state index >= 15 is 0 Å². The van der Waals surface area contributed by atoms with Crippen LogP contribution >= 0.6 is 0 Å². The van der Waals surface area contributed by atoms with Crippen molar-refractivity contribution < 1.29 is 14.3 Å². The fraction of sp³-hybridized carbons (Fsp3) is 0.214. The Balaban J connectivity index is 2.08. The van der Waals surface area contributed by atoms with Gasteiger partial charge in [0.25, 0.3) is 0 Å². The predicted octanol–water partition coefficient (Wildman–Crippen LogP) is 2.95. The first-order chi connectivity index (χ1) is 8.56. The average molecular weight is 247 g/mol. The third-order valence-electron chi connectivity index (χ3n) is 2.92. The van der Waals surface area contributed by atoms with Crippen LogP contribution in [0.4, 0.5) is 4.39 Å². The minimum atomic E-state index is -0.963. The highest BCUT2D eigenvalue weighted by molar-refractivity contribution is 5.86. The standard InChI is InChI=1S/C14H14FNO2/c1-9-11(8-13(16-9)14(17)18)6-5-10-3-2-4-12(15)7-10/h2-4,7-8,16H,5-6H2,1H3,(H,17,18). The van der Waals surface area contributed by atoms with Crippen molar-refractivity contribution in [2.24, 2.45) is 0 Å². The molecule has 3 nitrogen and oxygen atoms in total. The average Bonchev–Trinajstić information content (AvgIpc) is 2.68. The number of aromatic carboxylic acids is 1. The Hall–Kier alpha value is -2.10. The lowest BCUT2D eigenvalue weighted by Gasteiger charge is -2.01. The van der Waals surface area contributed by atoms with Gasteiger partial charge in [-0.15, -0.1) is 0 Å². The smallest absolute Gasteiger partial charge is 0.352 e. The largest absolute Gasteiger partial charge is 0.477 e. The Labute approximate surface area is 104 Å². The molecule has 0 bridgehead atoms. The van der Waals surface area contributed by atoms with Crippen LogP contribution < -0.4 is 0 Å². The highest BCUT2D eigenvalue weighted by atomic mass is 19.1. The molecule has 0 saturated carbocycles. The van der Waals surface area contributed by atoms with Crippen LogP contribution in [-0.2, 0) is 12.8 Å². The van der Waals surface area contributed by atoms with Gasteiger partial charge in [0.15, 0.2) is 0 Å². The van der Waals surface area contributed by atoms with E-state index in [0.29, 0.717) is 12.8 Å². The summed E-state index contributed by atoms with van der Waals surface area (Å²) in [6.07, 6.45) is 1.38. The van der Waals surface area contributed by atoms with Crippen molar-refractivity contribution in [2.75, 3.05) is 0 Å². The second-order valence-corrected chi connectivity index (χ2v) is 4.27. The molecule has 0 atom stereocenters. The molecule has 0 spiro atoms. The maximum atomic E-state index is 13.0. The molecule has 0 aliphatic carbocycles. The van der Waals surface area contributed by atoms with Crippen LogP contribution in [0.2, 0.25) is 0 Å². The molecule has 0 unspecified atom stereocenters. The molecule has 0 aliphatic rings. The molecule has 1 heterocycles. The molecule has 94 valence electrons. The van der Waals surface area contributed by atoms with Gasteiger partial charge in [-0.05, 0) is 49.1 Å². The van der Waals surface area contributed by atoms with Gasteiger partial charge in [0, 0.05) is 5.69 Å². The highest BCUT2D eigenvalue weighted by Gasteiger charge is 2.09. The number of carboxylic acid groups (broad SMARTS) is 1. The van der Waals surface area contributed by atoms with E-state index in [1.165, 1.54) is 12.1 Å². The molecule has 0 saturated heterocycles. The molecular weight excluding hydrogens is 233 g/mol.